The molecule has 3 rings (SSSR count). The second kappa shape index (κ2) is 10.4. The molecule has 0 radical (unpaired) electrons. The Labute approximate surface area is 176 Å². The van der Waals surface area contributed by atoms with Gasteiger partial charge in [-0.2, -0.15) is 0 Å². The predicted octanol–water partition coefficient (Wildman–Crippen LogP) is 4.05. The van der Waals surface area contributed by atoms with E-state index in [9.17, 15) is 9.18 Å². The zero-order valence-electron chi connectivity index (χ0n) is 17.3. The number of aliphatic hydroxyl groups is 1. The first-order chi connectivity index (χ1) is 14.4. The van der Waals surface area contributed by atoms with Crippen molar-refractivity contribution in [1.82, 2.24) is 5.32 Å². The molecule has 5 nitrogen and oxygen atoms in total. The summed E-state index contributed by atoms with van der Waals surface area (Å²) < 4.78 is 24.8. The minimum absolute atomic E-state index is 0.00410. The molecule has 2 aromatic carbocycles. The van der Waals surface area contributed by atoms with Crippen LogP contribution in [0.15, 0.2) is 60.4 Å². The molecule has 6 heteroatoms. The van der Waals surface area contributed by atoms with Crippen molar-refractivity contribution in [1.29, 1.82) is 0 Å². The second-order valence-corrected chi connectivity index (χ2v) is 7.82. The zero-order valence-corrected chi connectivity index (χ0v) is 17.3. The average Bonchev–Trinajstić information content (AvgIpc) is 2.77. The number of allylic oxidation sites excluding steroid dienone is 1. The molecule has 1 aliphatic rings. The summed E-state index contributed by atoms with van der Waals surface area (Å²) in [7, 11) is 0. The quantitative estimate of drug-likeness (QED) is 0.685. The molecule has 2 aromatic rings. The summed E-state index contributed by atoms with van der Waals surface area (Å²) in [5.74, 6) is 0.123. The predicted molar refractivity (Wildman–Crippen MR) is 111 cm³/mol. The summed E-state index contributed by atoms with van der Waals surface area (Å²) in [4.78, 5) is 12.6. The first-order valence-corrected chi connectivity index (χ1v) is 10.2. The van der Waals surface area contributed by atoms with Crippen LogP contribution < -0.4 is 5.32 Å². The van der Waals surface area contributed by atoms with Gasteiger partial charge in [-0.25, -0.2) is 4.39 Å². The van der Waals surface area contributed by atoms with Crippen molar-refractivity contribution in [2.24, 2.45) is 11.8 Å². The van der Waals surface area contributed by atoms with Crippen molar-refractivity contribution in [2.45, 2.75) is 46.3 Å². The van der Waals surface area contributed by atoms with Crippen LogP contribution in [0.4, 0.5) is 4.39 Å². The molecule has 1 heterocycles. The summed E-state index contributed by atoms with van der Waals surface area (Å²) in [6.45, 7) is 4.85. The zero-order chi connectivity index (χ0) is 21.5. The van der Waals surface area contributed by atoms with Crippen molar-refractivity contribution in [3.63, 3.8) is 0 Å². The van der Waals surface area contributed by atoms with Crippen LogP contribution in [0, 0.1) is 17.7 Å². The number of benzene rings is 2. The molecular weight excluding hydrogens is 385 g/mol. The monoisotopic (exact) mass is 413 g/mol. The highest BCUT2D eigenvalue weighted by molar-refractivity contribution is 5.91. The third-order valence-corrected chi connectivity index (χ3v) is 5.18. The SMILES string of the molecule is CC(C)[C@H]1C=C(C(=O)NCc2ccc(F)cc2)O[C@@H](OCc2ccc(CO)cc2)C1. The maximum absolute atomic E-state index is 13.0. The van der Waals surface area contributed by atoms with E-state index in [2.05, 4.69) is 19.2 Å². The van der Waals surface area contributed by atoms with Gasteiger partial charge in [0.25, 0.3) is 5.91 Å². The summed E-state index contributed by atoms with van der Waals surface area (Å²) >= 11 is 0. The Balaban J connectivity index is 1.59. The van der Waals surface area contributed by atoms with Gasteiger partial charge in [-0.1, -0.05) is 50.2 Å². The summed E-state index contributed by atoms with van der Waals surface area (Å²) in [5.41, 5.74) is 2.62. The van der Waals surface area contributed by atoms with Crippen molar-refractivity contribution < 1.29 is 23.8 Å². The number of carbonyl (C=O) groups is 1. The topological polar surface area (TPSA) is 67.8 Å². The van der Waals surface area contributed by atoms with Gasteiger partial charge in [0.2, 0.25) is 6.29 Å². The third-order valence-electron chi connectivity index (χ3n) is 5.18. The van der Waals surface area contributed by atoms with E-state index in [1.165, 1.54) is 12.1 Å². The molecule has 0 unspecified atom stereocenters. The highest BCUT2D eigenvalue weighted by Gasteiger charge is 2.29. The lowest BCUT2D eigenvalue weighted by molar-refractivity contribution is -0.155. The molecule has 2 atom stereocenters. The van der Waals surface area contributed by atoms with E-state index in [-0.39, 0.29) is 36.6 Å². The van der Waals surface area contributed by atoms with Crippen LogP contribution >= 0.6 is 0 Å². The lowest BCUT2D eigenvalue weighted by Crippen LogP contribution is -2.34. The molecule has 1 amide bonds. The lowest BCUT2D eigenvalue weighted by Gasteiger charge is -2.31. The first-order valence-electron chi connectivity index (χ1n) is 10.2. The minimum atomic E-state index is -0.522. The maximum Gasteiger partial charge on any atom is 0.286 e. The standard InChI is InChI=1S/C24H28FNO4/c1-16(2)20-11-22(24(28)26-13-17-7-9-21(25)10-8-17)30-23(12-20)29-15-19-5-3-18(14-27)4-6-19/h3-11,16,20,23,27H,12-15H2,1-2H3,(H,26,28)/t20-,23+/m0/s1. The molecule has 0 aromatic heterocycles. The Bertz CT molecular complexity index is 862. The Hall–Kier alpha value is -2.70. The lowest BCUT2D eigenvalue weighted by atomic mass is 9.90. The fourth-order valence-electron chi connectivity index (χ4n) is 3.21. The van der Waals surface area contributed by atoms with Gasteiger partial charge in [0.1, 0.15) is 5.82 Å². The van der Waals surface area contributed by atoms with Gasteiger partial charge in [0.05, 0.1) is 13.2 Å². The molecule has 0 aliphatic carbocycles. The summed E-state index contributed by atoms with van der Waals surface area (Å²) in [5, 5.41) is 12.0. The summed E-state index contributed by atoms with van der Waals surface area (Å²) in [6, 6.07) is 13.5. The molecule has 0 saturated carbocycles. The molecule has 0 spiro atoms. The molecule has 2 N–H and O–H groups in total. The number of rotatable bonds is 8. The number of hydrogen-bond donors (Lipinski definition) is 2. The fourth-order valence-corrected chi connectivity index (χ4v) is 3.21. The number of hydrogen-bond acceptors (Lipinski definition) is 4. The molecule has 30 heavy (non-hydrogen) atoms. The van der Waals surface area contributed by atoms with Gasteiger partial charge in [-0.05, 0) is 46.7 Å². The van der Waals surface area contributed by atoms with E-state index in [0.29, 0.717) is 18.9 Å². The molecule has 0 bridgehead atoms. The third kappa shape index (κ3) is 6.15. The number of amides is 1. The van der Waals surface area contributed by atoms with E-state index in [1.807, 2.05) is 30.3 Å². The smallest absolute Gasteiger partial charge is 0.286 e. The maximum atomic E-state index is 13.0. The number of ether oxygens (including phenoxy) is 2. The van der Waals surface area contributed by atoms with Gasteiger partial charge < -0.3 is 19.9 Å². The Morgan fingerprint density at radius 3 is 2.40 bits per heavy atom. The van der Waals surface area contributed by atoms with Gasteiger partial charge in [0.15, 0.2) is 5.76 Å². The van der Waals surface area contributed by atoms with Gasteiger partial charge >= 0.3 is 0 Å². The second-order valence-electron chi connectivity index (χ2n) is 7.82. The molecule has 0 fully saturated rings. The van der Waals surface area contributed by atoms with Gasteiger partial charge in [-0.15, -0.1) is 0 Å². The highest BCUT2D eigenvalue weighted by atomic mass is 19.1. The van der Waals surface area contributed by atoms with Crippen LogP contribution in [0.2, 0.25) is 0 Å². The van der Waals surface area contributed by atoms with Crippen LogP contribution in [0.5, 0.6) is 0 Å². The molecule has 160 valence electrons. The molecule has 0 saturated heterocycles. The number of carbonyl (C=O) groups excluding carboxylic acids is 1. The van der Waals surface area contributed by atoms with E-state index in [4.69, 9.17) is 14.6 Å². The van der Waals surface area contributed by atoms with Crippen molar-refractivity contribution in [2.75, 3.05) is 0 Å². The molecular formula is C24H28FNO4. The minimum Gasteiger partial charge on any atom is -0.459 e. The number of aliphatic hydroxyl groups excluding tert-OH is 1. The van der Waals surface area contributed by atoms with Crippen LogP contribution in [0.1, 0.15) is 37.0 Å². The van der Waals surface area contributed by atoms with Gasteiger partial charge in [0, 0.05) is 13.0 Å². The Morgan fingerprint density at radius 1 is 1.13 bits per heavy atom. The Kier molecular flexibility index (Phi) is 7.60. The van der Waals surface area contributed by atoms with Crippen molar-refractivity contribution in [3.8, 4) is 0 Å². The van der Waals surface area contributed by atoms with Crippen LogP contribution in [-0.2, 0) is 34.0 Å². The van der Waals surface area contributed by atoms with E-state index >= 15 is 0 Å². The van der Waals surface area contributed by atoms with Crippen molar-refractivity contribution >= 4 is 5.91 Å². The van der Waals surface area contributed by atoms with Gasteiger partial charge in [-0.3, -0.25) is 4.79 Å². The van der Waals surface area contributed by atoms with Crippen LogP contribution in [0.3, 0.4) is 0 Å². The first kappa shape index (κ1) is 22.0. The largest absolute Gasteiger partial charge is 0.459 e. The van der Waals surface area contributed by atoms with E-state index < -0.39 is 6.29 Å². The summed E-state index contributed by atoms with van der Waals surface area (Å²) in [6.07, 6.45) is 2.01. The Morgan fingerprint density at radius 2 is 1.77 bits per heavy atom. The number of nitrogens with one attached hydrogen (secondary N) is 1. The number of halogens is 1. The highest BCUT2D eigenvalue weighted by Crippen LogP contribution is 2.29. The van der Waals surface area contributed by atoms with E-state index in [0.717, 1.165) is 16.7 Å². The van der Waals surface area contributed by atoms with Crippen LogP contribution in [-0.4, -0.2) is 17.3 Å². The fraction of sp³-hybridized carbons (Fsp3) is 0.375. The van der Waals surface area contributed by atoms with E-state index in [1.54, 1.807) is 12.1 Å². The average molecular weight is 413 g/mol. The van der Waals surface area contributed by atoms with Crippen LogP contribution in [0.25, 0.3) is 0 Å². The normalized spacial score (nSPS) is 18.6. The molecule has 1 aliphatic heterocycles. The van der Waals surface area contributed by atoms with Crippen molar-refractivity contribution in [3.05, 3.63) is 82.9 Å².